The highest BCUT2D eigenvalue weighted by atomic mass is 32.1. The lowest BCUT2D eigenvalue weighted by molar-refractivity contribution is -0.133. The van der Waals surface area contributed by atoms with E-state index in [-0.39, 0.29) is 18.3 Å². The number of thiophene rings is 1. The Labute approximate surface area is 159 Å². The zero-order valence-electron chi connectivity index (χ0n) is 14.8. The van der Waals surface area contributed by atoms with Gasteiger partial charge in [0.15, 0.2) is 6.61 Å². The van der Waals surface area contributed by atoms with Crippen molar-refractivity contribution in [2.45, 2.75) is 19.8 Å². The summed E-state index contributed by atoms with van der Waals surface area (Å²) in [5, 5.41) is 5.30. The quantitative estimate of drug-likeness (QED) is 0.645. The molecule has 1 amide bonds. The van der Waals surface area contributed by atoms with E-state index in [1.165, 1.54) is 23.5 Å². The van der Waals surface area contributed by atoms with Gasteiger partial charge in [0.05, 0.1) is 11.4 Å². The maximum atomic E-state index is 13.2. The molecule has 0 spiro atoms. The number of nitrogens with zero attached hydrogens (tertiary/aromatic N) is 3. The molecule has 0 N–H and O–H groups in total. The minimum Gasteiger partial charge on any atom is -0.451 e. The number of hydrogen-bond acceptors (Lipinski definition) is 5. The van der Waals surface area contributed by atoms with Crippen LogP contribution < -0.4 is 0 Å². The third-order valence-electron chi connectivity index (χ3n) is 4.60. The molecule has 1 aliphatic rings. The zero-order valence-corrected chi connectivity index (χ0v) is 15.6. The topological polar surface area (TPSA) is 64.4 Å². The van der Waals surface area contributed by atoms with Crippen LogP contribution in [-0.2, 0) is 9.53 Å². The number of fused-ring (bicyclic) bond motifs is 1. The molecule has 1 saturated heterocycles. The lowest BCUT2D eigenvalue weighted by atomic mass is 10.3. The van der Waals surface area contributed by atoms with E-state index in [0.717, 1.165) is 41.8 Å². The normalized spacial score (nSPS) is 14.1. The van der Waals surface area contributed by atoms with Gasteiger partial charge in [-0.1, -0.05) is 0 Å². The zero-order chi connectivity index (χ0) is 19.0. The van der Waals surface area contributed by atoms with Crippen LogP contribution in [0.3, 0.4) is 0 Å². The van der Waals surface area contributed by atoms with Gasteiger partial charge in [0.1, 0.15) is 15.5 Å². The van der Waals surface area contributed by atoms with Crippen LogP contribution in [0.15, 0.2) is 30.3 Å². The molecule has 6 nitrogen and oxygen atoms in total. The maximum absolute atomic E-state index is 13.2. The highest BCUT2D eigenvalue weighted by Crippen LogP contribution is 2.30. The Hall–Kier alpha value is -2.74. The van der Waals surface area contributed by atoms with Crippen molar-refractivity contribution < 1.29 is 18.7 Å². The van der Waals surface area contributed by atoms with Crippen molar-refractivity contribution >= 4 is 33.4 Å². The molecule has 3 heterocycles. The Balaban J connectivity index is 1.54. The molecule has 2 aromatic heterocycles. The molecule has 4 rings (SSSR count). The van der Waals surface area contributed by atoms with Gasteiger partial charge in [0.25, 0.3) is 5.91 Å². The summed E-state index contributed by atoms with van der Waals surface area (Å²) in [5.74, 6) is -0.999. The fourth-order valence-corrected chi connectivity index (χ4v) is 4.24. The number of carbonyl (C=O) groups excluding carboxylic acids is 2. The average molecular weight is 387 g/mol. The van der Waals surface area contributed by atoms with Crippen LogP contribution >= 0.6 is 11.3 Å². The lowest BCUT2D eigenvalue weighted by Gasteiger charge is -2.14. The van der Waals surface area contributed by atoms with Crippen molar-refractivity contribution in [1.82, 2.24) is 14.7 Å². The van der Waals surface area contributed by atoms with Gasteiger partial charge in [-0.25, -0.2) is 13.9 Å². The van der Waals surface area contributed by atoms with Crippen molar-refractivity contribution in [2.75, 3.05) is 19.7 Å². The van der Waals surface area contributed by atoms with Crippen LogP contribution in [0.5, 0.6) is 0 Å². The van der Waals surface area contributed by atoms with Crippen molar-refractivity contribution in [2.24, 2.45) is 0 Å². The first-order chi connectivity index (χ1) is 13.0. The summed E-state index contributed by atoms with van der Waals surface area (Å²) in [7, 11) is 0. The predicted molar refractivity (Wildman–Crippen MR) is 99.7 cm³/mol. The monoisotopic (exact) mass is 387 g/mol. The minimum absolute atomic E-state index is 0.157. The first kappa shape index (κ1) is 17.7. The molecule has 8 heteroatoms. The van der Waals surface area contributed by atoms with Crippen LogP contribution in [-0.4, -0.2) is 46.3 Å². The van der Waals surface area contributed by atoms with E-state index < -0.39 is 5.97 Å². The van der Waals surface area contributed by atoms with Gasteiger partial charge < -0.3 is 9.64 Å². The SMILES string of the molecule is Cc1nn(-c2ccc(F)cc2)c2sc(C(=O)OCC(=O)N3CCCC3)cc12. The van der Waals surface area contributed by atoms with Gasteiger partial charge >= 0.3 is 5.97 Å². The highest BCUT2D eigenvalue weighted by molar-refractivity contribution is 7.20. The number of hydrogen-bond donors (Lipinski definition) is 0. The van der Waals surface area contributed by atoms with E-state index in [2.05, 4.69) is 5.10 Å². The van der Waals surface area contributed by atoms with E-state index in [1.54, 1.807) is 27.8 Å². The van der Waals surface area contributed by atoms with E-state index in [1.807, 2.05) is 6.92 Å². The van der Waals surface area contributed by atoms with Crippen molar-refractivity contribution in [3.8, 4) is 5.69 Å². The largest absolute Gasteiger partial charge is 0.451 e. The second-order valence-electron chi connectivity index (χ2n) is 6.47. The average Bonchev–Trinajstić information content (AvgIpc) is 3.39. The predicted octanol–water partition coefficient (Wildman–Crippen LogP) is 3.31. The Morgan fingerprint density at radius 3 is 2.63 bits per heavy atom. The van der Waals surface area contributed by atoms with Crippen molar-refractivity contribution in [1.29, 1.82) is 0 Å². The molecular formula is C19H18FN3O3S. The molecule has 1 fully saturated rings. The van der Waals surface area contributed by atoms with Gasteiger partial charge in [-0.3, -0.25) is 4.79 Å². The van der Waals surface area contributed by atoms with Gasteiger partial charge in [0.2, 0.25) is 0 Å². The van der Waals surface area contributed by atoms with Gasteiger partial charge in [-0.2, -0.15) is 5.10 Å². The second-order valence-corrected chi connectivity index (χ2v) is 7.50. The Morgan fingerprint density at radius 1 is 1.22 bits per heavy atom. The summed E-state index contributed by atoms with van der Waals surface area (Å²) in [6, 6.07) is 7.72. The Morgan fingerprint density at radius 2 is 1.93 bits per heavy atom. The molecule has 27 heavy (non-hydrogen) atoms. The number of esters is 1. The van der Waals surface area contributed by atoms with Crippen LogP contribution in [0.4, 0.5) is 4.39 Å². The number of ether oxygens (including phenoxy) is 1. The maximum Gasteiger partial charge on any atom is 0.348 e. The van der Waals surface area contributed by atoms with Crippen LogP contribution in [0, 0.1) is 12.7 Å². The van der Waals surface area contributed by atoms with E-state index >= 15 is 0 Å². The molecule has 3 aromatic rings. The summed E-state index contributed by atoms with van der Waals surface area (Å²) in [4.78, 5) is 27.3. The summed E-state index contributed by atoms with van der Waals surface area (Å²) in [6.45, 7) is 3.06. The van der Waals surface area contributed by atoms with Crippen molar-refractivity contribution in [3.63, 3.8) is 0 Å². The standard InChI is InChI=1S/C19H18FN3O3S/c1-12-15-10-16(19(25)26-11-17(24)22-8-2-3-9-22)27-18(15)23(21-12)14-6-4-13(20)5-7-14/h4-7,10H,2-3,8-9,11H2,1H3. The second kappa shape index (κ2) is 7.11. The summed E-state index contributed by atoms with van der Waals surface area (Å²) < 4.78 is 20.1. The number of rotatable bonds is 4. The van der Waals surface area contributed by atoms with E-state index in [9.17, 15) is 14.0 Å². The molecule has 0 bridgehead atoms. The fraction of sp³-hybridized carbons (Fsp3) is 0.316. The van der Waals surface area contributed by atoms with Gasteiger partial charge in [-0.15, -0.1) is 11.3 Å². The Kier molecular flexibility index (Phi) is 4.65. The molecule has 140 valence electrons. The number of halogens is 1. The fourth-order valence-electron chi connectivity index (χ4n) is 3.16. The number of likely N-dealkylation sites (tertiary alicyclic amines) is 1. The minimum atomic E-state index is -0.520. The molecule has 0 saturated carbocycles. The molecule has 1 aliphatic heterocycles. The third kappa shape index (κ3) is 3.44. The van der Waals surface area contributed by atoms with Crippen LogP contribution in [0.2, 0.25) is 0 Å². The molecule has 0 unspecified atom stereocenters. The number of aromatic nitrogens is 2. The first-order valence-electron chi connectivity index (χ1n) is 8.73. The van der Waals surface area contributed by atoms with Crippen LogP contribution in [0.25, 0.3) is 15.9 Å². The number of carbonyl (C=O) groups is 2. The molecule has 0 aliphatic carbocycles. The summed E-state index contributed by atoms with van der Waals surface area (Å²) in [6.07, 6.45) is 1.99. The first-order valence-corrected chi connectivity index (χ1v) is 9.54. The number of aryl methyl sites for hydroxylation is 1. The van der Waals surface area contributed by atoms with Gasteiger partial charge in [0, 0.05) is 18.5 Å². The summed E-state index contributed by atoms with van der Waals surface area (Å²) in [5.41, 5.74) is 1.47. The van der Waals surface area contributed by atoms with Crippen molar-refractivity contribution in [3.05, 3.63) is 46.7 Å². The molecule has 0 radical (unpaired) electrons. The number of benzene rings is 1. The van der Waals surface area contributed by atoms with E-state index in [0.29, 0.717) is 10.6 Å². The van der Waals surface area contributed by atoms with Crippen LogP contribution in [0.1, 0.15) is 28.2 Å². The number of amides is 1. The third-order valence-corrected chi connectivity index (χ3v) is 5.69. The van der Waals surface area contributed by atoms with E-state index in [4.69, 9.17) is 4.74 Å². The Bertz CT molecular complexity index is 1000. The molecular weight excluding hydrogens is 369 g/mol. The molecule has 0 atom stereocenters. The molecule has 1 aromatic carbocycles. The highest BCUT2D eigenvalue weighted by Gasteiger charge is 2.22. The van der Waals surface area contributed by atoms with Gasteiger partial charge in [-0.05, 0) is 50.1 Å². The smallest absolute Gasteiger partial charge is 0.348 e. The summed E-state index contributed by atoms with van der Waals surface area (Å²) >= 11 is 1.24. The lowest BCUT2D eigenvalue weighted by Crippen LogP contribution is -2.31.